The summed E-state index contributed by atoms with van der Waals surface area (Å²) in [4.78, 5) is 11.0. The van der Waals surface area contributed by atoms with Crippen LogP contribution >= 0.6 is 24.0 Å². The van der Waals surface area contributed by atoms with Gasteiger partial charge in [-0.1, -0.05) is 13.0 Å². The molecule has 0 aliphatic carbocycles. The minimum absolute atomic E-state index is 0. The van der Waals surface area contributed by atoms with E-state index in [-0.39, 0.29) is 35.7 Å². The Labute approximate surface area is 190 Å². The van der Waals surface area contributed by atoms with Gasteiger partial charge in [0, 0.05) is 25.0 Å². The maximum atomic E-state index is 12.2. The number of nitrogens with zero attached hydrogens (tertiary/aromatic N) is 3. The van der Waals surface area contributed by atoms with Crippen molar-refractivity contribution in [1.82, 2.24) is 4.98 Å². The fraction of sp³-hybridized carbons (Fsp3) is 0.400. The van der Waals surface area contributed by atoms with Gasteiger partial charge in [0.2, 0.25) is 0 Å². The molecule has 1 saturated heterocycles. The molecule has 2 heterocycles. The van der Waals surface area contributed by atoms with Crippen LogP contribution in [-0.2, 0) is 6.54 Å². The Morgan fingerprint density at radius 1 is 1.20 bits per heavy atom. The summed E-state index contributed by atoms with van der Waals surface area (Å²) in [6, 6.07) is 9.23. The number of nitrogens with two attached hydrogens (primary N) is 1. The van der Waals surface area contributed by atoms with Crippen molar-refractivity contribution in [3.05, 3.63) is 48.2 Å². The van der Waals surface area contributed by atoms with Crippen LogP contribution in [0.1, 0.15) is 25.3 Å². The number of hydrogen-bond donors (Lipinski definition) is 2. The Morgan fingerprint density at radius 2 is 1.87 bits per heavy atom. The van der Waals surface area contributed by atoms with Crippen LogP contribution < -0.4 is 20.7 Å². The largest absolute Gasteiger partial charge is 0.573 e. The topological polar surface area (TPSA) is 75.8 Å². The molecule has 3 N–H and O–H groups in total. The molecule has 1 aliphatic rings. The first-order valence-electron chi connectivity index (χ1n) is 9.41. The fourth-order valence-corrected chi connectivity index (χ4v) is 3.04. The van der Waals surface area contributed by atoms with Gasteiger partial charge in [0.1, 0.15) is 11.6 Å². The fourth-order valence-electron chi connectivity index (χ4n) is 3.04. The number of benzene rings is 1. The normalized spacial score (nSPS) is 15.5. The van der Waals surface area contributed by atoms with E-state index in [1.54, 1.807) is 6.20 Å². The van der Waals surface area contributed by atoms with E-state index in [1.165, 1.54) is 37.1 Å². The van der Waals surface area contributed by atoms with Crippen molar-refractivity contribution in [2.45, 2.75) is 32.7 Å². The summed E-state index contributed by atoms with van der Waals surface area (Å²) < 4.78 is 40.4. The number of halogens is 4. The van der Waals surface area contributed by atoms with Crippen molar-refractivity contribution in [2.75, 3.05) is 23.3 Å². The lowest BCUT2D eigenvalue weighted by Crippen LogP contribution is -2.33. The summed E-state index contributed by atoms with van der Waals surface area (Å²) in [5.41, 5.74) is 7.27. The summed E-state index contributed by atoms with van der Waals surface area (Å²) in [5, 5.41) is 2.83. The Balaban J connectivity index is 0.00000320. The highest BCUT2D eigenvalue weighted by Gasteiger charge is 2.30. The van der Waals surface area contributed by atoms with E-state index in [1.807, 2.05) is 12.1 Å². The average molecular weight is 535 g/mol. The molecule has 2 aromatic rings. The predicted octanol–water partition coefficient (Wildman–Crippen LogP) is 4.76. The molecule has 0 unspecified atom stereocenters. The number of rotatable bonds is 5. The molecule has 10 heteroatoms. The van der Waals surface area contributed by atoms with Gasteiger partial charge in [-0.25, -0.2) is 9.98 Å². The molecule has 0 bridgehead atoms. The number of ether oxygens (including phenoxy) is 1. The molecular weight excluding hydrogens is 510 g/mol. The molecule has 30 heavy (non-hydrogen) atoms. The van der Waals surface area contributed by atoms with Gasteiger partial charge in [0.05, 0.1) is 6.54 Å². The predicted molar refractivity (Wildman–Crippen MR) is 122 cm³/mol. The van der Waals surface area contributed by atoms with Gasteiger partial charge in [-0.05, 0) is 54.7 Å². The highest BCUT2D eigenvalue weighted by molar-refractivity contribution is 14.0. The van der Waals surface area contributed by atoms with E-state index in [9.17, 15) is 13.2 Å². The van der Waals surface area contributed by atoms with Crippen LogP contribution in [-0.4, -0.2) is 30.4 Å². The van der Waals surface area contributed by atoms with E-state index in [0.29, 0.717) is 12.2 Å². The van der Waals surface area contributed by atoms with Crippen molar-refractivity contribution in [3.8, 4) is 5.75 Å². The molecular formula is C20H25F3IN5O. The number of guanidine groups is 1. The summed E-state index contributed by atoms with van der Waals surface area (Å²) in [7, 11) is 0. The molecule has 0 spiro atoms. The van der Waals surface area contributed by atoms with Crippen LogP contribution in [0.15, 0.2) is 47.6 Å². The van der Waals surface area contributed by atoms with E-state index in [4.69, 9.17) is 5.73 Å². The molecule has 1 fully saturated rings. The van der Waals surface area contributed by atoms with E-state index >= 15 is 0 Å². The Morgan fingerprint density at radius 3 is 2.43 bits per heavy atom. The third-order valence-corrected chi connectivity index (χ3v) is 4.71. The smallest absolute Gasteiger partial charge is 0.406 e. The molecule has 164 valence electrons. The van der Waals surface area contributed by atoms with Gasteiger partial charge in [0.25, 0.3) is 0 Å². The van der Waals surface area contributed by atoms with E-state index in [2.05, 4.69) is 31.9 Å². The first-order valence-corrected chi connectivity index (χ1v) is 9.41. The molecule has 0 atom stereocenters. The SMILES string of the molecule is CC1CCN(c2ccc(CN=C(N)Nc3ccc(OC(F)(F)F)cc3)cn2)CC1.I. The molecule has 0 radical (unpaired) electrons. The average Bonchev–Trinajstić information content (AvgIpc) is 2.68. The number of aliphatic imine (C=N–C) groups is 1. The maximum Gasteiger partial charge on any atom is 0.573 e. The van der Waals surface area contributed by atoms with Gasteiger partial charge in [0.15, 0.2) is 5.96 Å². The van der Waals surface area contributed by atoms with E-state index < -0.39 is 6.36 Å². The monoisotopic (exact) mass is 535 g/mol. The maximum absolute atomic E-state index is 12.2. The summed E-state index contributed by atoms with van der Waals surface area (Å²) >= 11 is 0. The highest BCUT2D eigenvalue weighted by Crippen LogP contribution is 2.24. The van der Waals surface area contributed by atoms with Crippen LogP contribution in [0, 0.1) is 5.92 Å². The zero-order valence-electron chi connectivity index (χ0n) is 16.5. The van der Waals surface area contributed by atoms with Crippen LogP contribution in [0.3, 0.4) is 0 Å². The first-order chi connectivity index (χ1) is 13.8. The number of hydrogen-bond acceptors (Lipinski definition) is 4. The number of alkyl halides is 3. The lowest BCUT2D eigenvalue weighted by molar-refractivity contribution is -0.274. The Bertz CT molecular complexity index is 820. The molecule has 0 amide bonds. The molecule has 1 aromatic heterocycles. The Kier molecular flexibility index (Phi) is 8.56. The quantitative estimate of drug-likeness (QED) is 0.328. The van der Waals surface area contributed by atoms with Crippen molar-refractivity contribution in [1.29, 1.82) is 0 Å². The number of aromatic nitrogens is 1. The van der Waals surface area contributed by atoms with Crippen molar-refractivity contribution >= 4 is 41.4 Å². The minimum Gasteiger partial charge on any atom is -0.406 e. The summed E-state index contributed by atoms with van der Waals surface area (Å²) in [6.45, 7) is 4.66. The lowest BCUT2D eigenvalue weighted by atomic mass is 9.99. The molecule has 0 saturated carbocycles. The number of anilines is 2. The third kappa shape index (κ3) is 7.54. The van der Waals surface area contributed by atoms with Crippen LogP contribution in [0.5, 0.6) is 5.75 Å². The zero-order valence-corrected chi connectivity index (χ0v) is 18.9. The summed E-state index contributed by atoms with van der Waals surface area (Å²) in [6.07, 6.45) is -0.572. The van der Waals surface area contributed by atoms with E-state index in [0.717, 1.165) is 30.4 Å². The Hall–Kier alpha value is -2.24. The second-order valence-corrected chi connectivity index (χ2v) is 7.09. The number of pyridine rings is 1. The molecule has 6 nitrogen and oxygen atoms in total. The second kappa shape index (κ2) is 10.7. The van der Waals surface area contributed by atoms with Crippen LogP contribution in [0.2, 0.25) is 0 Å². The van der Waals surface area contributed by atoms with Gasteiger partial charge < -0.3 is 20.7 Å². The lowest BCUT2D eigenvalue weighted by Gasteiger charge is -2.31. The number of nitrogens with one attached hydrogen (secondary N) is 1. The summed E-state index contributed by atoms with van der Waals surface area (Å²) in [5.74, 6) is 1.59. The second-order valence-electron chi connectivity index (χ2n) is 7.09. The van der Waals surface area contributed by atoms with Crippen molar-refractivity contribution in [3.63, 3.8) is 0 Å². The zero-order chi connectivity index (χ0) is 20.9. The third-order valence-electron chi connectivity index (χ3n) is 4.71. The van der Waals surface area contributed by atoms with Crippen LogP contribution in [0.4, 0.5) is 24.7 Å². The van der Waals surface area contributed by atoms with Crippen LogP contribution in [0.25, 0.3) is 0 Å². The molecule has 3 rings (SSSR count). The standard InChI is InChI=1S/C20H24F3N5O.HI/c1-14-8-10-28(11-9-14)18-7-2-15(12-25-18)13-26-19(24)27-16-3-5-17(6-4-16)29-20(21,22)23;/h2-7,12,14H,8-11,13H2,1H3,(H3,24,26,27);1H. The van der Waals surface area contributed by atoms with Crippen molar-refractivity contribution < 1.29 is 17.9 Å². The van der Waals surface area contributed by atoms with Gasteiger partial charge in [-0.2, -0.15) is 0 Å². The number of piperidine rings is 1. The minimum atomic E-state index is -4.72. The highest BCUT2D eigenvalue weighted by atomic mass is 127. The van der Waals surface area contributed by atoms with Gasteiger partial charge in [-0.15, -0.1) is 37.1 Å². The van der Waals surface area contributed by atoms with Gasteiger partial charge >= 0.3 is 6.36 Å². The van der Waals surface area contributed by atoms with Gasteiger partial charge in [-0.3, -0.25) is 0 Å². The molecule has 1 aromatic carbocycles. The van der Waals surface area contributed by atoms with Crippen molar-refractivity contribution in [2.24, 2.45) is 16.6 Å². The molecule has 1 aliphatic heterocycles. The first kappa shape index (κ1) is 24.0.